The molecule has 0 spiro atoms. The van der Waals surface area contributed by atoms with Gasteiger partial charge in [-0.2, -0.15) is 0 Å². The topological polar surface area (TPSA) is 48.6 Å². The number of para-hydroxylation sites is 1. The summed E-state index contributed by atoms with van der Waals surface area (Å²) in [5.41, 5.74) is 2.41. The fourth-order valence-corrected chi connectivity index (χ4v) is 2.94. The van der Waals surface area contributed by atoms with Gasteiger partial charge in [0, 0.05) is 43.9 Å². The number of carbonyl (C=O) groups excluding carboxylic acids is 1. The minimum absolute atomic E-state index is 0.163. The standard InChI is InChI=1S/C18H25N3O2/c1-2-3-12-23-18(22)21-10-8-20(9-11-21)14-16-13-15-6-4-5-7-17(15)19-16/h4-7,13,19H,2-3,8-12,14H2,1H3. The van der Waals surface area contributed by atoms with Crippen LogP contribution in [0.5, 0.6) is 0 Å². The third kappa shape index (κ3) is 4.05. The molecule has 1 fully saturated rings. The predicted octanol–water partition coefficient (Wildman–Crippen LogP) is 3.22. The van der Waals surface area contributed by atoms with Crippen molar-refractivity contribution in [3.05, 3.63) is 36.0 Å². The molecule has 0 radical (unpaired) electrons. The first-order valence-electron chi connectivity index (χ1n) is 8.47. The lowest BCUT2D eigenvalue weighted by Crippen LogP contribution is -2.48. The van der Waals surface area contributed by atoms with Gasteiger partial charge in [-0.1, -0.05) is 31.5 Å². The summed E-state index contributed by atoms with van der Waals surface area (Å²) in [5, 5.41) is 1.25. The summed E-state index contributed by atoms with van der Waals surface area (Å²) in [6.45, 7) is 6.78. The lowest BCUT2D eigenvalue weighted by Gasteiger charge is -2.33. The molecule has 1 aromatic carbocycles. The van der Waals surface area contributed by atoms with Crippen LogP contribution in [-0.2, 0) is 11.3 Å². The minimum atomic E-state index is -0.163. The van der Waals surface area contributed by atoms with Gasteiger partial charge in [-0.3, -0.25) is 4.90 Å². The molecule has 0 bridgehead atoms. The van der Waals surface area contributed by atoms with Crippen LogP contribution < -0.4 is 0 Å². The zero-order valence-corrected chi connectivity index (χ0v) is 13.8. The summed E-state index contributed by atoms with van der Waals surface area (Å²) >= 11 is 0. The van der Waals surface area contributed by atoms with Crippen molar-refractivity contribution in [3.63, 3.8) is 0 Å². The number of aromatic nitrogens is 1. The molecular formula is C18H25N3O2. The van der Waals surface area contributed by atoms with Crippen LogP contribution in [0.1, 0.15) is 25.5 Å². The molecule has 5 heteroatoms. The van der Waals surface area contributed by atoms with Crippen molar-refractivity contribution in [2.24, 2.45) is 0 Å². The molecule has 1 amide bonds. The molecule has 0 aliphatic carbocycles. The van der Waals surface area contributed by atoms with Gasteiger partial charge in [-0.15, -0.1) is 0 Å². The first-order chi connectivity index (χ1) is 11.3. The second-order valence-electron chi connectivity index (χ2n) is 6.11. The van der Waals surface area contributed by atoms with Crippen LogP contribution >= 0.6 is 0 Å². The van der Waals surface area contributed by atoms with E-state index in [0.29, 0.717) is 6.61 Å². The Bertz CT molecular complexity index is 612. The summed E-state index contributed by atoms with van der Waals surface area (Å²) in [4.78, 5) is 19.6. The molecule has 1 saturated heterocycles. The lowest BCUT2D eigenvalue weighted by atomic mass is 10.2. The highest BCUT2D eigenvalue weighted by atomic mass is 16.6. The van der Waals surface area contributed by atoms with Gasteiger partial charge in [0.1, 0.15) is 0 Å². The predicted molar refractivity (Wildman–Crippen MR) is 91.4 cm³/mol. The number of nitrogens with zero attached hydrogens (tertiary/aromatic N) is 2. The Morgan fingerprint density at radius 2 is 2.00 bits per heavy atom. The van der Waals surface area contributed by atoms with E-state index >= 15 is 0 Å². The number of fused-ring (bicyclic) bond motifs is 1. The maximum Gasteiger partial charge on any atom is 0.409 e. The molecule has 0 unspecified atom stereocenters. The maximum absolute atomic E-state index is 11.9. The van der Waals surface area contributed by atoms with E-state index in [9.17, 15) is 4.79 Å². The van der Waals surface area contributed by atoms with Crippen molar-refractivity contribution in [2.75, 3.05) is 32.8 Å². The molecule has 3 rings (SSSR count). The smallest absolute Gasteiger partial charge is 0.409 e. The summed E-state index contributed by atoms with van der Waals surface area (Å²) in [6, 6.07) is 10.5. The number of piperazine rings is 1. The SMILES string of the molecule is CCCCOC(=O)N1CCN(Cc2cc3ccccc3[nH]2)CC1. The van der Waals surface area contributed by atoms with Crippen LogP contribution in [0.3, 0.4) is 0 Å². The number of rotatable bonds is 5. The highest BCUT2D eigenvalue weighted by Gasteiger charge is 2.22. The molecule has 23 heavy (non-hydrogen) atoms. The number of aromatic amines is 1. The maximum atomic E-state index is 11.9. The molecule has 1 N–H and O–H groups in total. The van der Waals surface area contributed by atoms with Crippen LogP contribution in [0.25, 0.3) is 10.9 Å². The Hall–Kier alpha value is -2.01. The quantitative estimate of drug-likeness (QED) is 0.862. The summed E-state index contributed by atoms with van der Waals surface area (Å²) < 4.78 is 5.28. The number of nitrogens with one attached hydrogen (secondary N) is 1. The van der Waals surface area contributed by atoms with Crippen LogP contribution in [0.15, 0.2) is 30.3 Å². The van der Waals surface area contributed by atoms with E-state index < -0.39 is 0 Å². The van der Waals surface area contributed by atoms with Gasteiger partial charge in [0.2, 0.25) is 0 Å². The number of hydrogen-bond acceptors (Lipinski definition) is 3. The van der Waals surface area contributed by atoms with Crippen molar-refractivity contribution in [2.45, 2.75) is 26.3 Å². The summed E-state index contributed by atoms with van der Waals surface area (Å²) in [6.07, 6.45) is 1.82. The van der Waals surface area contributed by atoms with Crippen molar-refractivity contribution in [1.82, 2.24) is 14.8 Å². The molecule has 1 aliphatic heterocycles. The highest BCUT2D eigenvalue weighted by molar-refractivity contribution is 5.80. The van der Waals surface area contributed by atoms with E-state index in [1.165, 1.54) is 16.6 Å². The van der Waals surface area contributed by atoms with Gasteiger partial charge >= 0.3 is 6.09 Å². The van der Waals surface area contributed by atoms with Crippen molar-refractivity contribution < 1.29 is 9.53 Å². The van der Waals surface area contributed by atoms with E-state index in [4.69, 9.17) is 4.74 Å². The van der Waals surface area contributed by atoms with E-state index in [1.54, 1.807) is 0 Å². The van der Waals surface area contributed by atoms with Gasteiger partial charge < -0.3 is 14.6 Å². The molecule has 1 aliphatic rings. The molecule has 2 heterocycles. The normalized spacial score (nSPS) is 16.0. The van der Waals surface area contributed by atoms with Gasteiger partial charge in [0.25, 0.3) is 0 Å². The van der Waals surface area contributed by atoms with Gasteiger partial charge in [-0.25, -0.2) is 4.79 Å². The van der Waals surface area contributed by atoms with Crippen LogP contribution in [0.2, 0.25) is 0 Å². The second kappa shape index (κ2) is 7.51. The third-order valence-corrected chi connectivity index (χ3v) is 4.33. The van der Waals surface area contributed by atoms with Crippen molar-refractivity contribution in [3.8, 4) is 0 Å². The summed E-state index contributed by atoms with van der Waals surface area (Å²) in [7, 11) is 0. The molecule has 2 aromatic rings. The molecule has 124 valence electrons. The number of carbonyl (C=O) groups is 1. The molecular weight excluding hydrogens is 290 g/mol. The van der Waals surface area contributed by atoms with Gasteiger partial charge in [0.15, 0.2) is 0 Å². The number of unbranched alkanes of at least 4 members (excludes halogenated alkanes) is 1. The zero-order valence-electron chi connectivity index (χ0n) is 13.8. The Labute approximate surface area is 137 Å². The van der Waals surface area contributed by atoms with E-state index in [2.05, 4.69) is 41.1 Å². The molecule has 1 aromatic heterocycles. The number of ether oxygens (including phenoxy) is 1. The van der Waals surface area contributed by atoms with Gasteiger partial charge in [-0.05, 0) is 23.9 Å². The monoisotopic (exact) mass is 315 g/mol. The average Bonchev–Trinajstić information content (AvgIpc) is 2.98. The lowest BCUT2D eigenvalue weighted by molar-refractivity contribution is 0.0735. The Balaban J connectivity index is 1.48. The number of H-pyrrole nitrogens is 1. The fourth-order valence-electron chi connectivity index (χ4n) is 2.94. The molecule has 0 saturated carbocycles. The number of hydrogen-bond donors (Lipinski definition) is 1. The van der Waals surface area contributed by atoms with Gasteiger partial charge in [0.05, 0.1) is 6.61 Å². The van der Waals surface area contributed by atoms with E-state index in [0.717, 1.165) is 45.6 Å². The average molecular weight is 315 g/mol. The van der Waals surface area contributed by atoms with Crippen molar-refractivity contribution >= 4 is 17.0 Å². The zero-order chi connectivity index (χ0) is 16.1. The largest absolute Gasteiger partial charge is 0.449 e. The Morgan fingerprint density at radius 1 is 1.22 bits per heavy atom. The molecule has 0 atom stereocenters. The number of amides is 1. The van der Waals surface area contributed by atoms with Crippen LogP contribution in [0.4, 0.5) is 4.79 Å². The second-order valence-corrected chi connectivity index (χ2v) is 6.11. The van der Waals surface area contributed by atoms with Crippen molar-refractivity contribution in [1.29, 1.82) is 0 Å². The molecule has 5 nitrogen and oxygen atoms in total. The first kappa shape index (κ1) is 15.9. The van der Waals surface area contributed by atoms with E-state index in [1.807, 2.05) is 11.0 Å². The number of benzene rings is 1. The van der Waals surface area contributed by atoms with Crippen LogP contribution in [-0.4, -0.2) is 53.7 Å². The van der Waals surface area contributed by atoms with E-state index in [-0.39, 0.29) is 6.09 Å². The van der Waals surface area contributed by atoms with Crippen LogP contribution in [0, 0.1) is 0 Å². The fraction of sp³-hybridized carbons (Fsp3) is 0.500. The first-order valence-corrected chi connectivity index (χ1v) is 8.47. The Kier molecular flexibility index (Phi) is 5.18. The Morgan fingerprint density at radius 3 is 2.74 bits per heavy atom. The minimum Gasteiger partial charge on any atom is -0.449 e. The highest BCUT2D eigenvalue weighted by Crippen LogP contribution is 2.16. The summed E-state index contributed by atoms with van der Waals surface area (Å²) in [5.74, 6) is 0. The third-order valence-electron chi connectivity index (χ3n) is 4.33.